The number of aryl methyl sites for hydroxylation is 1. The summed E-state index contributed by atoms with van der Waals surface area (Å²) in [4.78, 5) is 0. The molecule has 0 N–H and O–H groups in total. The summed E-state index contributed by atoms with van der Waals surface area (Å²) in [6.07, 6.45) is 0.348. The Balaban J connectivity index is 1.60. The van der Waals surface area contributed by atoms with Crippen LogP contribution >= 0.6 is 15.9 Å². The minimum absolute atomic E-state index is 0.0461. The maximum Gasteiger partial charge on any atom is 0.214 e. The third-order valence-corrected chi connectivity index (χ3v) is 5.96. The summed E-state index contributed by atoms with van der Waals surface area (Å²) in [6, 6.07) is 15.9. The first-order chi connectivity index (χ1) is 14.6. The number of hydrogen-bond donors (Lipinski definition) is 0. The molecule has 3 aromatic rings. The number of ether oxygens (including phenoxy) is 3. The smallest absolute Gasteiger partial charge is 0.214 e. The minimum Gasteiger partial charge on any atom is -0.493 e. The third kappa shape index (κ3) is 3.13. The number of methoxy groups -OCH3 is 2. The summed E-state index contributed by atoms with van der Waals surface area (Å²) in [7, 11) is 3.26. The SMILES string of the molecule is COc1ccc([C@H]2Oc3ccc(Br)cc3[C@H]3CC(c4ccc(C)o4)=NN32)cc1OC. The molecule has 154 valence electrons. The van der Waals surface area contributed by atoms with E-state index in [2.05, 4.69) is 22.0 Å². The number of hydrazone groups is 1. The van der Waals surface area contributed by atoms with Gasteiger partial charge in [0.15, 0.2) is 11.5 Å². The number of rotatable bonds is 4. The number of hydrogen-bond acceptors (Lipinski definition) is 6. The lowest BCUT2D eigenvalue weighted by Crippen LogP contribution is -2.33. The van der Waals surface area contributed by atoms with Crippen molar-refractivity contribution in [2.45, 2.75) is 25.6 Å². The van der Waals surface area contributed by atoms with Gasteiger partial charge < -0.3 is 18.6 Å². The fourth-order valence-electron chi connectivity index (χ4n) is 4.02. The molecule has 0 saturated heterocycles. The molecule has 0 saturated carbocycles. The average Bonchev–Trinajstić information content (AvgIpc) is 3.39. The number of furan rings is 1. The van der Waals surface area contributed by atoms with Crippen LogP contribution in [0, 0.1) is 6.92 Å². The molecule has 5 rings (SSSR count). The van der Waals surface area contributed by atoms with Crippen molar-refractivity contribution in [2.75, 3.05) is 14.2 Å². The Kier molecular flexibility index (Phi) is 4.70. The van der Waals surface area contributed by atoms with Crippen molar-refractivity contribution in [1.82, 2.24) is 5.01 Å². The van der Waals surface area contributed by atoms with Gasteiger partial charge in [0.1, 0.15) is 23.0 Å². The van der Waals surface area contributed by atoms with E-state index in [0.717, 1.165) is 45.0 Å². The lowest BCUT2D eigenvalue weighted by molar-refractivity contribution is -0.0192. The van der Waals surface area contributed by atoms with E-state index in [4.69, 9.17) is 23.7 Å². The predicted molar refractivity (Wildman–Crippen MR) is 116 cm³/mol. The fraction of sp³-hybridized carbons (Fsp3) is 0.261. The maximum absolute atomic E-state index is 6.42. The Hall–Kier alpha value is -2.93. The van der Waals surface area contributed by atoms with Gasteiger partial charge in [-0.3, -0.25) is 0 Å². The van der Waals surface area contributed by atoms with Crippen molar-refractivity contribution in [1.29, 1.82) is 0 Å². The van der Waals surface area contributed by atoms with E-state index in [9.17, 15) is 0 Å². The lowest BCUT2D eigenvalue weighted by Gasteiger charge is -2.38. The van der Waals surface area contributed by atoms with E-state index in [1.807, 2.05) is 54.4 Å². The Morgan fingerprint density at radius 1 is 1.03 bits per heavy atom. The highest BCUT2D eigenvalue weighted by Crippen LogP contribution is 2.49. The van der Waals surface area contributed by atoms with Gasteiger partial charge in [-0.1, -0.05) is 15.9 Å². The van der Waals surface area contributed by atoms with Crippen LogP contribution in [0.3, 0.4) is 0 Å². The van der Waals surface area contributed by atoms with Gasteiger partial charge in [0.2, 0.25) is 6.23 Å². The molecule has 2 aromatic carbocycles. The lowest BCUT2D eigenvalue weighted by atomic mass is 9.97. The van der Waals surface area contributed by atoms with Gasteiger partial charge in [-0.2, -0.15) is 5.10 Å². The van der Waals surface area contributed by atoms with Crippen LogP contribution in [0.25, 0.3) is 0 Å². The Labute approximate surface area is 183 Å². The number of nitrogens with zero attached hydrogens (tertiary/aromatic N) is 2. The summed E-state index contributed by atoms with van der Waals surface area (Å²) in [5.74, 6) is 3.85. The fourth-order valence-corrected chi connectivity index (χ4v) is 4.40. The summed E-state index contributed by atoms with van der Waals surface area (Å²) in [6.45, 7) is 1.94. The Morgan fingerprint density at radius 3 is 2.60 bits per heavy atom. The van der Waals surface area contributed by atoms with Crippen molar-refractivity contribution >= 4 is 21.6 Å². The third-order valence-electron chi connectivity index (χ3n) is 5.47. The zero-order chi connectivity index (χ0) is 20.8. The number of fused-ring (bicyclic) bond motifs is 3. The molecule has 0 fully saturated rings. The topological polar surface area (TPSA) is 56.4 Å². The monoisotopic (exact) mass is 468 g/mol. The number of benzene rings is 2. The zero-order valence-corrected chi connectivity index (χ0v) is 18.5. The molecule has 0 amide bonds. The van der Waals surface area contributed by atoms with Crippen molar-refractivity contribution in [2.24, 2.45) is 5.10 Å². The van der Waals surface area contributed by atoms with Crippen LogP contribution in [-0.2, 0) is 0 Å². The molecule has 7 heteroatoms. The second kappa shape index (κ2) is 7.40. The molecule has 0 spiro atoms. The van der Waals surface area contributed by atoms with Crippen molar-refractivity contribution in [3.63, 3.8) is 0 Å². The maximum atomic E-state index is 6.42. The first kappa shape index (κ1) is 19.1. The second-order valence-corrected chi connectivity index (χ2v) is 8.24. The first-order valence-electron chi connectivity index (χ1n) is 9.68. The average molecular weight is 469 g/mol. The zero-order valence-electron chi connectivity index (χ0n) is 16.9. The van der Waals surface area contributed by atoms with Crippen LogP contribution in [0.4, 0.5) is 0 Å². The van der Waals surface area contributed by atoms with E-state index >= 15 is 0 Å². The van der Waals surface area contributed by atoms with Gasteiger partial charge in [-0.25, -0.2) is 5.01 Å². The molecule has 3 heterocycles. The molecular formula is C23H21BrN2O4. The highest BCUT2D eigenvalue weighted by atomic mass is 79.9. The summed E-state index contributed by atoms with van der Waals surface area (Å²) in [5.41, 5.74) is 2.95. The van der Waals surface area contributed by atoms with Gasteiger partial charge in [0, 0.05) is 22.0 Å². The first-order valence-corrected chi connectivity index (χ1v) is 10.5. The van der Waals surface area contributed by atoms with Gasteiger partial charge in [-0.05, 0) is 55.5 Å². The molecule has 30 heavy (non-hydrogen) atoms. The summed E-state index contributed by atoms with van der Waals surface area (Å²) >= 11 is 3.59. The molecule has 0 aliphatic carbocycles. The molecular weight excluding hydrogens is 448 g/mol. The Bertz CT molecular complexity index is 1140. The van der Waals surface area contributed by atoms with Crippen LogP contribution < -0.4 is 14.2 Å². The van der Waals surface area contributed by atoms with Gasteiger partial charge in [0.25, 0.3) is 0 Å². The van der Waals surface area contributed by atoms with Crippen molar-refractivity contribution < 1.29 is 18.6 Å². The number of halogens is 1. The van der Waals surface area contributed by atoms with Crippen LogP contribution in [0.1, 0.15) is 41.3 Å². The molecule has 0 bridgehead atoms. The predicted octanol–water partition coefficient (Wildman–Crippen LogP) is 5.61. The Morgan fingerprint density at radius 2 is 1.87 bits per heavy atom. The standard InChI is InChI=1S/C23H21BrN2O4/c1-13-4-7-20(29-13)17-12-18-16-11-15(24)6-9-19(16)30-23(26(18)25-17)14-5-8-21(27-2)22(10-14)28-3/h4-11,18,23H,12H2,1-3H3/t18-,23-/m1/s1. The van der Waals surface area contributed by atoms with E-state index in [-0.39, 0.29) is 6.04 Å². The minimum atomic E-state index is -0.392. The van der Waals surface area contributed by atoms with Crippen LogP contribution in [0.5, 0.6) is 17.2 Å². The molecule has 6 nitrogen and oxygen atoms in total. The van der Waals surface area contributed by atoms with Crippen molar-refractivity contribution in [3.05, 3.63) is 75.7 Å². The highest BCUT2D eigenvalue weighted by molar-refractivity contribution is 9.10. The molecule has 1 aromatic heterocycles. The van der Waals surface area contributed by atoms with Crippen LogP contribution in [-0.4, -0.2) is 24.9 Å². The molecule has 2 aliphatic rings. The quantitative estimate of drug-likeness (QED) is 0.497. The van der Waals surface area contributed by atoms with Crippen LogP contribution in [0.2, 0.25) is 0 Å². The van der Waals surface area contributed by atoms with Gasteiger partial charge in [-0.15, -0.1) is 0 Å². The highest BCUT2D eigenvalue weighted by Gasteiger charge is 2.42. The van der Waals surface area contributed by atoms with E-state index in [0.29, 0.717) is 11.5 Å². The van der Waals surface area contributed by atoms with E-state index < -0.39 is 6.23 Å². The van der Waals surface area contributed by atoms with E-state index in [1.165, 1.54) is 0 Å². The summed E-state index contributed by atoms with van der Waals surface area (Å²) < 4.78 is 24.2. The molecule has 2 aliphatic heterocycles. The normalized spacial score (nSPS) is 19.6. The molecule has 2 atom stereocenters. The molecule has 0 unspecified atom stereocenters. The van der Waals surface area contributed by atoms with Gasteiger partial charge >= 0.3 is 0 Å². The van der Waals surface area contributed by atoms with Crippen molar-refractivity contribution in [3.8, 4) is 17.2 Å². The van der Waals surface area contributed by atoms with E-state index in [1.54, 1.807) is 14.2 Å². The molecule has 0 radical (unpaired) electrons. The van der Waals surface area contributed by atoms with Crippen LogP contribution in [0.15, 0.2) is 62.5 Å². The largest absolute Gasteiger partial charge is 0.493 e. The second-order valence-electron chi connectivity index (χ2n) is 7.32. The van der Waals surface area contributed by atoms with Gasteiger partial charge in [0.05, 0.1) is 20.3 Å². The summed E-state index contributed by atoms with van der Waals surface area (Å²) in [5, 5.41) is 6.94.